The van der Waals surface area contributed by atoms with Gasteiger partial charge in [-0.3, -0.25) is 4.79 Å². The molecule has 4 nitrogen and oxygen atoms in total. The van der Waals surface area contributed by atoms with Gasteiger partial charge in [-0.2, -0.15) is 0 Å². The topological polar surface area (TPSA) is 54.9 Å². The first-order chi connectivity index (χ1) is 8.99. The van der Waals surface area contributed by atoms with Crippen LogP contribution in [0.4, 0.5) is 14.5 Å². The average molecular weight is 263 g/mol. The Bertz CT molecular complexity index is 644. The lowest BCUT2D eigenvalue weighted by Gasteiger charge is -2.08. The first-order valence-electron chi connectivity index (χ1n) is 5.53. The number of anilines is 1. The van der Waals surface area contributed by atoms with Gasteiger partial charge in [-0.05, 0) is 26.0 Å². The summed E-state index contributed by atoms with van der Waals surface area (Å²) in [5.74, 6) is -1.95. The molecule has 0 saturated carbocycles. The number of carbonyl (C=O) groups excluding carboxylic acids is 1. The number of benzene rings is 1. The van der Waals surface area contributed by atoms with Gasteiger partial charge < -0.3 is 5.32 Å². The summed E-state index contributed by atoms with van der Waals surface area (Å²) in [5.41, 5.74) is 1.16. The Balaban J connectivity index is 2.31. The molecule has 0 aliphatic carbocycles. The summed E-state index contributed by atoms with van der Waals surface area (Å²) in [5, 5.41) is 2.29. The fraction of sp³-hybridized carbons (Fsp3) is 0.154. The summed E-state index contributed by atoms with van der Waals surface area (Å²) in [6.45, 7) is 3.42. The Kier molecular flexibility index (Phi) is 3.50. The Morgan fingerprint density at radius 2 is 1.95 bits per heavy atom. The van der Waals surface area contributed by atoms with E-state index in [1.54, 1.807) is 13.8 Å². The number of rotatable bonds is 2. The van der Waals surface area contributed by atoms with E-state index in [-0.39, 0.29) is 11.4 Å². The van der Waals surface area contributed by atoms with Crippen LogP contribution in [-0.2, 0) is 0 Å². The van der Waals surface area contributed by atoms with Gasteiger partial charge in [-0.25, -0.2) is 18.7 Å². The van der Waals surface area contributed by atoms with Crippen LogP contribution in [0.15, 0.2) is 24.5 Å². The van der Waals surface area contributed by atoms with Crippen molar-refractivity contribution in [2.45, 2.75) is 13.8 Å². The van der Waals surface area contributed by atoms with Crippen LogP contribution in [0.3, 0.4) is 0 Å². The third-order valence-corrected chi connectivity index (χ3v) is 2.73. The molecule has 1 amide bonds. The second kappa shape index (κ2) is 5.09. The molecule has 98 valence electrons. The van der Waals surface area contributed by atoms with E-state index < -0.39 is 17.5 Å². The molecule has 0 atom stereocenters. The van der Waals surface area contributed by atoms with Crippen molar-refractivity contribution >= 4 is 11.6 Å². The summed E-state index contributed by atoms with van der Waals surface area (Å²) < 4.78 is 26.4. The van der Waals surface area contributed by atoms with Crippen molar-refractivity contribution in [1.29, 1.82) is 0 Å². The molecule has 2 rings (SSSR count). The van der Waals surface area contributed by atoms with Crippen LogP contribution in [0.25, 0.3) is 0 Å². The predicted molar refractivity (Wildman–Crippen MR) is 65.8 cm³/mol. The Morgan fingerprint density at radius 3 is 2.68 bits per heavy atom. The highest BCUT2D eigenvalue weighted by Gasteiger charge is 2.15. The lowest BCUT2D eigenvalue weighted by Crippen LogP contribution is -2.17. The molecule has 0 aliphatic rings. The van der Waals surface area contributed by atoms with Crippen LogP contribution < -0.4 is 5.32 Å². The molecule has 0 spiro atoms. The minimum Gasteiger partial charge on any atom is -0.318 e. The molecule has 2 aromatic rings. The number of nitrogens with one attached hydrogen (secondary N) is 1. The number of nitrogens with zero attached hydrogens (tertiary/aromatic N) is 2. The minimum atomic E-state index is -0.710. The molecule has 1 heterocycles. The highest BCUT2D eigenvalue weighted by Crippen LogP contribution is 2.17. The smallest absolute Gasteiger partial charge is 0.274 e. The molecular weight excluding hydrogens is 252 g/mol. The summed E-state index contributed by atoms with van der Waals surface area (Å²) in [6, 6.07) is 2.84. The van der Waals surface area contributed by atoms with Gasteiger partial charge in [0.1, 0.15) is 23.7 Å². The zero-order valence-corrected chi connectivity index (χ0v) is 10.4. The molecule has 1 aromatic carbocycles. The van der Waals surface area contributed by atoms with Gasteiger partial charge in [0.2, 0.25) is 0 Å². The van der Waals surface area contributed by atoms with Gasteiger partial charge in [0, 0.05) is 17.3 Å². The zero-order valence-electron chi connectivity index (χ0n) is 10.4. The van der Waals surface area contributed by atoms with Gasteiger partial charge in [-0.1, -0.05) is 0 Å². The van der Waals surface area contributed by atoms with Gasteiger partial charge >= 0.3 is 0 Å². The van der Waals surface area contributed by atoms with E-state index in [0.29, 0.717) is 11.3 Å². The number of hydrogen-bond donors (Lipinski definition) is 1. The van der Waals surface area contributed by atoms with Crippen LogP contribution in [-0.4, -0.2) is 15.9 Å². The lowest BCUT2D eigenvalue weighted by atomic mass is 10.2. The number of carbonyl (C=O) groups is 1. The Labute approximate surface area is 108 Å². The number of aryl methyl sites for hydroxylation is 1. The van der Waals surface area contributed by atoms with E-state index in [1.807, 2.05) is 0 Å². The van der Waals surface area contributed by atoms with E-state index in [2.05, 4.69) is 15.3 Å². The predicted octanol–water partition coefficient (Wildman–Crippen LogP) is 2.62. The quantitative estimate of drug-likeness (QED) is 0.906. The van der Waals surface area contributed by atoms with Crippen molar-refractivity contribution in [2.75, 3.05) is 5.32 Å². The average Bonchev–Trinajstić information content (AvgIpc) is 2.37. The van der Waals surface area contributed by atoms with Crippen molar-refractivity contribution < 1.29 is 13.6 Å². The number of amides is 1. The van der Waals surface area contributed by atoms with Crippen molar-refractivity contribution in [1.82, 2.24) is 9.97 Å². The van der Waals surface area contributed by atoms with Crippen LogP contribution in [0, 0.1) is 25.5 Å². The largest absolute Gasteiger partial charge is 0.318 e. The van der Waals surface area contributed by atoms with Gasteiger partial charge in [-0.15, -0.1) is 0 Å². The molecule has 1 N–H and O–H groups in total. The minimum absolute atomic E-state index is 0.135. The van der Waals surface area contributed by atoms with Crippen molar-refractivity contribution in [2.24, 2.45) is 0 Å². The van der Waals surface area contributed by atoms with Crippen LogP contribution >= 0.6 is 0 Å². The van der Waals surface area contributed by atoms with E-state index in [9.17, 15) is 13.6 Å². The van der Waals surface area contributed by atoms with Crippen LogP contribution in [0.2, 0.25) is 0 Å². The van der Waals surface area contributed by atoms with Gasteiger partial charge in [0.15, 0.2) is 0 Å². The van der Waals surface area contributed by atoms with Crippen molar-refractivity contribution in [3.8, 4) is 0 Å². The second-order valence-corrected chi connectivity index (χ2v) is 4.01. The Morgan fingerprint density at radius 1 is 1.21 bits per heavy atom. The SMILES string of the molecule is Cc1ncnc(C(=O)Nc2cc(F)ccc2F)c1C. The maximum Gasteiger partial charge on any atom is 0.274 e. The summed E-state index contributed by atoms with van der Waals surface area (Å²) in [6.07, 6.45) is 1.25. The van der Waals surface area contributed by atoms with Gasteiger partial charge in [0.25, 0.3) is 5.91 Å². The maximum absolute atomic E-state index is 13.4. The summed E-state index contributed by atoms with van der Waals surface area (Å²) in [4.78, 5) is 19.7. The van der Waals surface area contributed by atoms with Crippen molar-refractivity contribution in [3.05, 3.63) is 53.1 Å². The van der Waals surface area contributed by atoms with E-state index in [0.717, 1.165) is 18.2 Å². The third kappa shape index (κ3) is 2.73. The second-order valence-electron chi connectivity index (χ2n) is 4.01. The molecule has 0 fully saturated rings. The molecule has 0 unspecified atom stereocenters. The maximum atomic E-state index is 13.4. The molecule has 0 saturated heterocycles. The normalized spacial score (nSPS) is 10.3. The first kappa shape index (κ1) is 13.1. The number of aromatic nitrogens is 2. The van der Waals surface area contributed by atoms with Crippen molar-refractivity contribution in [3.63, 3.8) is 0 Å². The fourth-order valence-electron chi connectivity index (χ4n) is 1.54. The molecule has 6 heteroatoms. The van der Waals surface area contributed by atoms with E-state index in [4.69, 9.17) is 0 Å². The highest BCUT2D eigenvalue weighted by atomic mass is 19.1. The fourth-order valence-corrected chi connectivity index (χ4v) is 1.54. The summed E-state index contributed by atoms with van der Waals surface area (Å²) in [7, 11) is 0. The molecule has 19 heavy (non-hydrogen) atoms. The van der Waals surface area contributed by atoms with Crippen LogP contribution in [0.5, 0.6) is 0 Å². The third-order valence-electron chi connectivity index (χ3n) is 2.73. The van der Waals surface area contributed by atoms with Gasteiger partial charge in [0.05, 0.1) is 5.69 Å². The Hall–Kier alpha value is -2.37. The number of halogens is 2. The lowest BCUT2D eigenvalue weighted by molar-refractivity contribution is 0.102. The first-order valence-corrected chi connectivity index (χ1v) is 5.53. The molecule has 0 radical (unpaired) electrons. The monoisotopic (exact) mass is 263 g/mol. The standard InChI is InChI=1S/C13H11F2N3O/c1-7-8(2)16-6-17-12(7)13(19)18-11-5-9(14)3-4-10(11)15/h3-6H,1-2H3,(H,18,19). The zero-order chi connectivity index (χ0) is 14.0. The van der Waals surface area contributed by atoms with E-state index in [1.165, 1.54) is 6.33 Å². The molecular formula is C13H11F2N3O. The highest BCUT2D eigenvalue weighted by molar-refractivity contribution is 6.03. The van der Waals surface area contributed by atoms with Crippen LogP contribution in [0.1, 0.15) is 21.7 Å². The summed E-state index contributed by atoms with van der Waals surface area (Å²) >= 11 is 0. The van der Waals surface area contributed by atoms with E-state index >= 15 is 0 Å². The molecule has 0 aliphatic heterocycles. The molecule has 1 aromatic heterocycles. The number of hydrogen-bond acceptors (Lipinski definition) is 3. The molecule has 0 bridgehead atoms.